The van der Waals surface area contributed by atoms with E-state index in [1.807, 2.05) is 10.9 Å². The molecule has 0 fully saturated rings. The first kappa shape index (κ1) is 11.0. The van der Waals surface area contributed by atoms with Gasteiger partial charge < -0.3 is 11.1 Å². The molecule has 0 aliphatic carbocycles. The normalized spacial score (nSPS) is 11.6. The van der Waals surface area contributed by atoms with Crippen LogP contribution in [0.5, 0.6) is 0 Å². The first-order valence-electron chi connectivity index (χ1n) is 5.07. The highest BCUT2D eigenvalue weighted by atomic mass is 15.3. The van der Waals surface area contributed by atoms with Crippen LogP contribution < -0.4 is 11.1 Å². The average Bonchev–Trinajstić information content (AvgIpc) is 2.43. The lowest BCUT2D eigenvalue weighted by atomic mass is 10.3. The van der Waals surface area contributed by atoms with E-state index in [0.29, 0.717) is 12.1 Å². The van der Waals surface area contributed by atoms with Crippen LogP contribution in [-0.4, -0.2) is 15.8 Å². The van der Waals surface area contributed by atoms with Gasteiger partial charge >= 0.3 is 0 Å². The Labute approximate surface area is 85.5 Å². The van der Waals surface area contributed by atoms with Crippen LogP contribution in [0.3, 0.4) is 0 Å². The van der Waals surface area contributed by atoms with Crippen molar-refractivity contribution in [1.29, 1.82) is 0 Å². The maximum atomic E-state index is 5.95. The summed E-state index contributed by atoms with van der Waals surface area (Å²) in [6, 6.07) is 0.791. The molecule has 0 unspecified atom stereocenters. The van der Waals surface area contributed by atoms with Gasteiger partial charge in [0.2, 0.25) is 0 Å². The van der Waals surface area contributed by atoms with Gasteiger partial charge in [-0.1, -0.05) is 13.8 Å². The lowest BCUT2D eigenvalue weighted by Crippen LogP contribution is -2.22. The maximum Gasteiger partial charge on any atom is 0.126 e. The predicted molar refractivity (Wildman–Crippen MR) is 59.0 cm³/mol. The molecular weight excluding hydrogens is 176 g/mol. The van der Waals surface area contributed by atoms with E-state index >= 15 is 0 Å². The van der Waals surface area contributed by atoms with Crippen LogP contribution in [0, 0.1) is 0 Å². The summed E-state index contributed by atoms with van der Waals surface area (Å²) in [4.78, 5) is 0. The van der Waals surface area contributed by atoms with E-state index in [0.717, 1.165) is 17.9 Å². The summed E-state index contributed by atoms with van der Waals surface area (Å²) in [7, 11) is 0. The second-order valence-electron chi connectivity index (χ2n) is 4.13. The fourth-order valence-corrected chi connectivity index (χ4v) is 1.27. The largest absolute Gasteiger partial charge is 0.384 e. The summed E-state index contributed by atoms with van der Waals surface area (Å²) in [6.07, 6.45) is 1.84. The Morgan fingerprint density at radius 2 is 2.07 bits per heavy atom. The lowest BCUT2D eigenvalue weighted by molar-refractivity contribution is 0.539. The molecule has 0 aliphatic rings. The van der Waals surface area contributed by atoms with Gasteiger partial charge in [-0.05, 0) is 13.8 Å². The van der Waals surface area contributed by atoms with Crippen molar-refractivity contribution in [3.05, 3.63) is 11.8 Å². The number of anilines is 1. The Bertz CT molecular complexity index is 288. The topological polar surface area (TPSA) is 55.9 Å². The van der Waals surface area contributed by atoms with Crippen molar-refractivity contribution in [1.82, 2.24) is 15.1 Å². The van der Waals surface area contributed by atoms with E-state index in [4.69, 9.17) is 5.73 Å². The second kappa shape index (κ2) is 4.46. The van der Waals surface area contributed by atoms with Crippen molar-refractivity contribution in [3.8, 4) is 0 Å². The SMILES string of the molecule is CC(C)NCc1cnn(C(C)C)c1N. The van der Waals surface area contributed by atoms with Crippen molar-refractivity contribution in [3.63, 3.8) is 0 Å². The third-order valence-electron chi connectivity index (χ3n) is 2.10. The molecule has 14 heavy (non-hydrogen) atoms. The molecule has 1 aromatic rings. The molecule has 1 rings (SSSR count). The number of nitrogens with one attached hydrogen (secondary N) is 1. The highest BCUT2D eigenvalue weighted by Crippen LogP contribution is 2.15. The Morgan fingerprint density at radius 1 is 1.43 bits per heavy atom. The average molecular weight is 196 g/mol. The quantitative estimate of drug-likeness (QED) is 0.768. The third-order valence-corrected chi connectivity index (χ3v) is 2.10. The second-order valence-corrected chi connectivity index (χ2v) is 4.13. The Hall–Kier alpha value is -1.03. The summed E-state index contributed by atoms with van der Waals surface area (Å²) in [5, 5.41) is 7.57. The number of nitrogens with two attached hydrogens (primary N) is 1. The van der Waals surface area contributed by atoms with Gasteiger partial charge in [-0.25, -0.2) is 4.68 Å². The molecule has 4 heteroatoms. The lowest BCUT2D eigenvalue weighted by Gasteiger charge is -2.10. The monoisotopic (exact) mass is 196 g/mol. The zero-order valence-electron chi connectivity index (χ0n) is 9.41. The molecule has 3 N–H and O–H groups in total. The van der Waals surface area contributed by atoms with Crippen LogP contribution in [0.1, 0.15) is 39.3 Å². The molecule has 0 bridgehead atoms. The molecule has 0 saturated carbocycles. The molecule has 4 nitrogen and oxygen atoms in total. The fraction of sp³-hybridized carbons (Fsp3) is 0.700. The number of nitrogens with zero attached hydrogens (tertiary/aromatic N) is 2. The summed E-state index contributed by atoms with van der Waals surface area (Å²) in [6.45, 7) is 9.16. The van der Waals surface area contributed by atoms with Crippen molar-refractivity contribution in [2.75, 3.05) is 5.73 Å². The Balaban J connectivity index is 2.70. The molecule has 0 amide bonds. The zero-order valence-corrected chi connectivity index (χ0v) is 9.41. The van der Waals surface area contributed by atoms with Crippen LogP contribution in [-0.2, 0) is 6.54 Å². The molecule has 0 spiro atoms. The van der Waals surface area contributed by atoms with E-state index < -0.39 is 0 Å². The van der Waals surface area contributed by atoms with Crippen molar-refractivity contribution in [2.24, 2.45) is 0 Å². The molecule has 0 atom stereocenters. The minimum absolute atomic E-state index is 0.322. The predicted octanol–water partition coefficient (Wildman–Crippen LogP) is 1.54. The van der Waals surface area contributed by atoms with Gasteiger partial charge in [-0.3, -0.25) is 0 Å². The fourth-order valence-electron chi connectivity index (χ4n) is 1.27. The summed E-state index contributed by atoms with van der Waals surface area (Å²) in [5.74, 6) is 0.771. The van der Waals surface area contributed by atoms with Gasteiger partial charge in [0.1, 0.15) is 5.82 Å². The number of hydrogen-bond acceptors (Lipinski definition) is 3. The molecule has 1 aromatic heterocycles. The highest BCUT2D eigenvalue weighted by Gasteiger charge is 2.09. The van der Waals surface area contributed by atoms with Crippen LogP contribution in [0.25, 0.3) is 0 Å². The first-order chi connectivity index (χ1) is 6.52. The van der Waals surface area contributed by atoms with Crippen LogP contribution in [0.4, 0.5) is 5.82 Å². The summed E-state index contributed by atoms with van der Waals surface area (Å²) < 4.78 is 1.84. The van der Waals surface area contributed by atoms with Gasteiger partial charge in [0.25, 0.3) is 0 Å². The third kappa shape index (κ3) is 2.48. The van der Waals surface area contributed by atoms with Gasteiger partial charge in [-0.15, -0.1) is 0 Å². The standard InChI is InChI=1S/C10H20N4/c1-7(2)12-5-9-6-13-14(8(3)4)10(9)11/h6-8,12H,5,11H2,1-4H3. The number of aromatic nitrogens is 2. The first-order valence-corrected chi connectivity index (χ1v) is 5.07. The van der Waals surface area contributed by atoms with E-state index in [2.05, 4.69) is 38.1 Å². The smallest absolute Gasteiger partial charge is 0.126 e. The van der Waals surface area contributed by atoms with Crippen LogP contribution in [0.15, 0.2) is 6.20 Å². The minimum atomic E-state index is 0.322. The van der Waals surface area contributed by atoms with Crippen molar-refractivity contribution < 1.29 is 0 Å². The maximum absolute atomic E-state index is 5.95. The Kier molecular flexibility index (Phi) is 3.52. The summed E-state index contributed by atoms with van der Waals surface area (Å²) >= 11 is 0. The number of rotatable bonds is 4. The molecule has 0 saturated heterocycles. The molecule has 1 heterocycles. The molecule has 0 radical (unpaired) electrons. The van der Waals surface area contributed by atoms with Gasteiger partial charge in [0.15, 0.2) is 0 Å². The van der Waals surface area contributed by atoms with E-state index in [-0.39, 0.29) is 0 Å². The molecule has 0 aromatic carbocycles. The number of nitrogen functional groups attached to an aromatic ring is 1. The van der Waals surface area contributed by atoms with Gasteiger partial charge in [-0.2, -0.15) is 5.10 Å². The van der Waals surface area contributed by atoms with E-state index in [1.165, 1.54) is 0 Å². The summed E-state index contributed by atoms with van der Waals surface area (Å²) in [5.41, 5.74) is 7.03. The van der Waals surface area contributed by atoms with Gasteiger partial charge in [0.05, 0.1) is 6.20 Å². The molecule has 80 valence electrons. The van der Waals surface area contributed by atoms with Gasteiger partial charge in [0, 0.05) is 24.2 Å². The van der Waals surface area contributed by atoms with E-state index in [1.54, 1.807) is 0 Å². The molecule has 0 aliphatic heterocycles. The van der Waals surface area contributed by atoms with Crippen LogP contribution in [0.2, 0.25) is 0 Å². The van der Waals surface area contributed by atoms with E-state index in [9.17, 15) is 0 Å². The Morgan fingerprint density at radius 3 is 2.50 bits per heavy atom. The van der Waals surface area contributed by atoms with Crippen molar-refractivity contribution in [2.45, 2.75) is 46.3 Å². The zero-order chi connectivity index (χ0) is 10.7. The number of hydrogen-bond donors (Lipinski definition) is 2. The molecular formula is C10H20N4. The van der Waals surface area contributed by atoms with Crippen LogP contribution >= 0.6 is 0 Å². The van der Waals surface area contributed by atoms with Crippen molar-refractivity contribution >= 4 is 5.82 Å². The highest BCUT2D eigenvalue weighted by molar-refractivity contribution is 5.38. The minimum Gasteiger partial charge on any atom is -0.384 e.